The van der Waals surface area contributed by atoms with Crippen molar-refractivity contribution < 1.29 is 4.42 Å². The summed E-state index contributed by atoms with van der Waals surface area (Å²) in [6.45, 7) is 0. The minimum absolute atomic E-state index is 0. The SMILES string of the molecule is Cl.Cl.NC(N)=N/N=C/c1ccc(-c2ccc(/C=N/N=C(N)N)o2)cc1. The molecule has 0 saturated heterocycles. The highest BCUT2D eigenvalue weighted by Crippen LogP contribution is 2.21. The average Bonchev–Trinajstić information content (AvgIpc) is 2.96. The molecule has 11 heteroatoms. The summed E-state index contributed by atoms with van der Waals surface area (Å²) < 4.78 is 5.62. The minimum atomic E-state index is -0.119. The molecule has 0 amide bonds. The van der Waals surface area contributed by atoms with Crippen LogP contribution in [0.1, 0.15) is 11.3 Å². The molecule has 1 aromatic heterocycles. The number of furan rings is 1. The van der Waals surface area contributed by atoms with Crippen molar-refractivity contribution in [3.63, 3.8) is 0 Å². The van der Waals surface area contributed by atoms with Gasteiger partial charge in [-0.15, -0.1) is 35.0 Å². The van der Waals surface area contributed by atoms with Gasteiger partial charge in [0.05, 0.1) is 12.4 Å². The molecule has 8 N–H and O–H groups in total. The van der Waals surface area contributed by atoms with Gasteiger partial charge in [0.1, 0.15) is 11.5 Å². The summed E-state index contributed by atoms with van der Waals surface area (Å²) >= 11 is 0. The normalized spacial score (nSPS) is 10.1. The Morgan fingerprint density at radius 3 is 1.88 bits per heavy atom. The lowest BCUT2D eigenvalue weighted by Gasteiger charge is -1.97. The van der Waals surface area contributed by atoms with Crippen LogP contribution in [0.5, 0.6) is 0 Å². The molecule has 1 heterocycles. The van der Waals surface area contributed by atoms with Gasteiger partial charge in [0.25, 0.3) is 0 Å². The van der Waals surface area contributed by atoms with E-state index in [1.807, 2.05) is 30.3 Å². The van der Waals surface area contributed by atoms with E-state index in [4.69, 9.17) is 27.4 Å². The Morgan fingerprint density at radius 1 is 0.760 bits per heavy atom. The number of rotatable bonds is 5. The Kier molecular flexibility index (Phi) is 9.38. The Hall–Kier alpha value is -3.04. The first-order valence-electron chi connectivity index (χ1n) is 6.49. The molecule has 25 heavy (non-hydrogen) atoms. The first-order chi connectivity index (χ1) is 11.0. The lowest BCUT2D eigenvalue weighted by Crippen LogP contribution is -2.21. The highest BCUT2D eigenvalue weighted by atomic mass is 35.5. The molecule has 0 unspecified atom stereocenters. The molecule has 0 spiro atoms. The minimum Gasteiger partial charge on any atom is -0.455 e. The van der Waals surface area contributed by atoms with E-state index in [9.17, 15) is 0 Å². The lowest BCUT2D eigenvalue weighted by atomic mass is 10.1. The quantitative estimate of drug-likeness (QED) is 0.342. The molecule has 0 aliphatic carbocycles. The first-order valence-corrected chi connectivity index (χ1v) is 6.49. The van der Waals surface area contributed by atoms with E-state index in [1.165, 1.54) is 6.21 Å². The van der Waals surface area contributed by atoms with Crippen molar-refractivity contribution in [2.45, 2.75) is 0 Å². The van der Waals surface area contributed by atoms with Crippen LogP contribution in [0.25, 0.3) is 11.3 Å². The van der Waals surface area contributed by atoms with Crippen LogP contribution >= 0.6 is 24.8 Å². The second kappa shape index (κ2) is 10.7. The van der Waals surface area contributed by atoms with Crippen molar-refractivity contribution in [1.82, 2.24) is 0 Å². The van der Waals surface area contributed by atoms with Crippen LogP contribution in [0, 0.1) is 0 Å². The maximum Gasteiger partial charge on any atom is 0.211 e. The number of nitrogens with zero attached hydrogens (tertiary/aromatic N) is 4. The predicted octanol–water partition coefficient (Wildman–Crippen LogP) is 1.00. The van der Waals surface area contributed by atoms with Gasteiger partial charge in [-0.1, -0.05) is 24.3 Å². The molecule has 0 radical (unpaired) electrons. The monoisotopic (exact) mass is 384 g/mol. The molecule has 0 atom stereocenters. The molecular formula is C14H18Cl2N8O. The van der Waals surface area contributed by atoms with E-state index >= 15 is 0 Å². The van der Waals surface area contributed by atoms with Gasteiger partial charge in [0, 0.05) is 5.56 Å². The third kappa shape index (κ3) is 7.38. The molecule has 0 saturated carbocycles. The third-order valence-electron chi connectivity index (χ3n) is 2.56. The molecule has 0 aliphatic heterocycles. The summed E-state index contributed by atoms with van der Waals surface area (Å²) in [7, 11) is 0. The van der Waals surface area contributed by atoms with Crippen LogP contribution in [-0.2, 0) is 0 Å². The van der Waals surface area contributed by atoms with Crippen LogP contribution < -0.4 is 22.9 Å². The van der Waals surface area contributed by atoms with Gasteiger partial charge in [-0.3, -0.25) is 0 Å². The summed E-state index contributed by atoms with van der Waals surface area (Å²) in [5.41, 5.74) is 22.4. The van der Waals surface area contributed by atoms with Crippen molar-refractivity contribution in [2.24, 2.45) is 43.3 Å². The molecule has 1 aromatic carbocycles. The van der Waals surface area contributed by atoms with Crippen LogP contribution in [-0.4, -0.2) is 24.3 Å². The van der Waals surface area contributed by atoms with E-state index in [0.717, 1.165) is 11.1 Å². The van der Waals surface area contributed by atoms with E-state index in [1.54, 1.807) is 12.3 Å². The van der Waals surface area contributed by atoms with Crippen molar-refractivity contribution in [3.05, 3.63) is 47.7 Å². The molecule has 0 bridgehead atoms. The molecule has 9 nitrogen and oxygen atoms in total. The summed E-state index contributed by atoms with van der Waals surface area (Å²) in [4.78, 5) is 0. The summed E-state index contributed by atoms with van der Waals surface area (Å²) in [6.07, 6.45) is 2.96. The summed E-state index contributed by atoms with van der Waals surface area (Å²) in [5, 5.41) is 14.4. The van der Waals surface area contributed by atoms with E-state index in [-0.39, 0.29) is 36.7 Å². The predicted molar refractivity (Wildman–Crippen MR) is 105 cm³/mol. The van der Waals surface area contributed by atoms with Crippen LogP contribution in [0.2, 0.25) is 0 Å². The largest absolute Gasteiger partial charge is 0.455 e. The summed E-state index contributed by atoms with van der Waals surface area (Å²) in [6, 6.07) is 11.1. The zero-order valence-electron chi connectivity index (χ0n) is 12.9. The Morgan fingerprint density at radius 2 is 1.32 bits per heavy atom. The molecule has 2 aromatic rings. The smallest absolute Gasteiger partial charge is 0.211 e. The second-order valence-corrected chi connectivity index (χ2v) is 4.36. The van der Waals surface area contributed by atoms with Gasteiger partial charge in [-0.2, -0.15) is 10.2 Å². The van der Waals surface area contributed by atoms with Crippen molar-refractivity contribution >= 4 is 49.2 Å². The topological polar surface area (TPSA) is 167 Å². The lowest BCUT2D eigenvalue weighted by molar-refractivity contribution is 0.575. The zero-order chi connectivity index (χ0) is 16.7. The van der Waals surface area contributed by atoms with Gasteiger partial charge in [-0.05, 0) is 17.7 Å². The number of hydrogen-bond acceptors (Lipinski definition) is 5. The highest BCUT2D eigenvalue weighted by Gasteiger charge is 2.03. The van der Waals surface area contributed by atoms with Gasteiger partial charge in [-0.25, -0.2) is 0 Å². The van der Waals surface area contributed by atoms with E-state index < -0.39 is 0 Å². The number of halogens is 2. The number of hydrogen-bond donors (Lipinski definition) is 4. The second-order valence-electron chi connectivity index (χ2n) is 4.36. The maximum atomic E-state index is 5.62. The zero-order valence-corrected chi connectivity index (χ0v) is 14.6. The van der Waals surface area contributed by atoms with Crippen molar-refractivity contribution in [3.8, 4) is 11.3 Å². The third-order valence-corrected chi connectivity index (χ3v) is 2.56. The fourth-order valence-electron chi connectivity index (χ4n) is 1.63. The van der Waals surface area contributed by atoms with Crippen molar-refractivity contribution in [1.29, 1.82) is 0 Å². The van der Waals surface area contributed by atoms with Crippen LogP contribution in [0.3, 0.4) is 0 Å². The molecule has 134 valence electrons. The standard InChI is InChI=1S/C14H16N8O.2ClH/c15-13(16)21-19-7-9-1-3-10(4-2-9)12-6-5-11(23-12)8-20-22-14(17)18;;/h1-8H,(H4,15,16,21)(H4,17,18,22);2*1H/b19-7+,20-8+;;. The van der Waals surface area contributed by atoms with Crippen LogP contribution in [0.4, 0.5) is 0 Å². The van der Waals surface area contributed by atoms with Crippen LogP contribution in [0.15, 0.2) is 61.2 Å². The van der Waals surface area contributed by atoms with Gasteiger partial charge >= 0.3 is 0 Å². The Labute approximate surface area is 156 Å². The first kappa shape index (κ1) is 22.0. The number of benzene rings is 1. The van der Waals surface area contributed by atoms with Crippen molar-refractivity contribution in [2.75, 3.05) is 0 Å². The van der Waals surface area contributed by atoms with Gasteiger partial charge in [0.2, 0.25) is 11.9 Å². The Balaban J connectivity index is 0.00000288. The number of guanidine groups is 2. The molecular weight excluding hydrogens is 367 g/mol. The highest BCUT2D eigenvalue weighted by molar-refractivity contribution is 5.86. The van der Waals surface area contributed by atoms with Gasteiger partial charge < -0.3 is 27.4 Å². The number of nitrogens with two attached hydrogens (primary N) is 4. The van der Waals surface area contributed by atoms with E-state index in [2.05, 4.69) is 20.4 Å². The molecule has 0 fully saturated rings. The maximum absolute atomic E-state index is 5.62. The molecule has 0 aliphatic rings. The fraction of sp³-hybridized carbons (Fsp3) is 0. The fourth-order valence-corrected chi connectivity index (χ4v) is 1.63. The van der Waals surface area contributed by atoms with E-state index in [0.29, 0.717) is 11.5 Å². The van der Waals surface area contributed by atoms with Gasteiger partial charge in [0.15, 0.2) is 0 Å². The Bertz CT molecular complexity index is 772. The summed E-state index contributed by atoms with van der Waals surface area (Å²) in [5.74, 6) is 1.00. The molecule has 2 rings (SSSR count). The average molecular weight is 385 g/mol.